The first-order chi connectivity index (χ1) is 15.4. The largest absolute Gasteiger partial charge is 0.497 e. The molecular formula is C23H27N5O3S. The lowest BCUT2D eigenvalue weighted by Gasteiger charge is -2.14. The van der Waals surface area contributed by atoms with Crippen LogP contribution in [-0.2, 0) is 4.79 Å². The van der Waals surface area contributed by atoms with E-state index in [-0.39, 0.29) is 0 Å². The molecule has 0 bridgehead atoms. The molecule has 0 saturated heterocycles. The summed E-state index contributed by atoms with van der Waals surface area (Å²) in [6.07, 6.45) is 0. The molecule has 0 spiro atoms. The van der Waals surface area contributed by atoms with Gasteiger partial charge < -0.3 is 10.1 Å². The van der Waals surface area contributed by atoms with Crippen molar-refractivity contribution >= 4 is 23.7 Å². The van der Waals surface area contributed by atoms with Crippen LogP contribution in [0.4, 0.5) is 4.79 Å². The molecule has 2 aromatic carbocycles. The number of para-hydroxylation sites is 1. The van der Waals surface area contributed by atoms with Gasteiger partial charge in [-0.25, -0.2) is 4.79 Å². The SMILES string of the molecule is COc1ccc(-c2nnc(SC(C)C(=O)NC(=O)NCC(C)C)n2-c2ccccc2)cc1. The fourth-order valence-corrected chi connectivity index (χ4v) is 3.72. The standard InChI is InChI=1S/C23H27N5O3S/c1-15(2)14-24-22(30)25-21(29)16(3)32-23-27-26-20(17-10-12-19(31-4)13-11-17)28(23)18-8-6-5-7-9-18/h5-13,15-16H,14H2,1-4H3,(H2,24,25,29,30). The molecule has 0 aliphatic heterocycles. The Morgan fingerprint density at radius 1 is 1.03 bits per heavy atom. The van der Waals surface area contributed by atoms with Gasteiger partial charge >= 0.3 is 6.03 Å². The molecule has 1 atom stereocenters. The highest BCUT2D eigenvalue weighted by Gasteiger charge is 2.23. The van der Waals surface area contributed by atoms with E-state index in [1.807, 2.05) is 73.0 Å². The van der Waals surface area contributed by atoms with Crippen LogP contribution in [0.15, 0.2) is 59.8 Å². The zero-order valence-corrected chi connectivity index (χ0v) is 19.3. The minimum Gasteiger partial charge on any atom is -0.497 e. The Balaban J connectivity index is 1.84. The van der Waals surface area contributed by atoms with Crippen molar-refractivity contribution in [2.75, 3.05) is 13.7 Å². The Morgan fingerprint density at radius 3 is 2.34 bits per heavy atom. The lowest BCUT2D eigenvalue weighted by molar-refractivity contribution is -0.119. The summed E-state index contributed by atoms with van der Waals surface area (Å²) in [5.74, 6) is 1.28. The van der Waals surface area contributed by atoms with E-state index in [1.165, 1.54) is 11.8 Å². The van der Waals surface area contributed by atoms with Gasteiger partial charge in [0.15, 0.2) is 11.0 Å². The quantitative estimate of drug-likeness (QED) is 0.502. The normalized spacial score (nSPS) is 11.8. The van der Waals surface area contributed by atoms with Crippen molar-refractivity contribution in [2.24, 2.45) is 5.92 Å². The van der Waals surface area contributed by atoms with Crippen LogP contribution in [0.5, 0.6) is 5.75 Å². The van der Waals surface area contributed by atoms with Gasteiger partial charge in [0, 0.05) is 17.8 Å². The second kappa shape index (κ2) is 10.8. The summed E-state index contributed by atoms with van der Waals surface area (Å²) < 4.78 is 7.14. The van der Waals surface area contributed by atoms with Crippen LogP contribution >= 0.6 is 11.8 Å². The maximum absolute atomic E-state index is 12.5. The number of nitrogens with zero attached hydrogens (tertiary/aromatic N) is 3. The summed E-state index contributed by atoms with van der Waals surface area (Å²) in [7, 11) is 1.62. The number of benzene rings is 2. The minimum atomic E-state index is -0.560. The van der Waals surface area contributed by atoms with Gasteiger partial charge in [0.25, 0.3) is 0 Å². The van der Waals surface area contributed by atoms with Gasteiger partial charge in [0.1, 0.15) is 5.75 Å². The van der Waals surface area contributed by atoms with Gasteiger partial charge in [-0.15, -0.1) is 10.2 Å². The zero-order valence-electron chi connectivity index (χ0n) is 18.5. The number of rotatable bonds is 8. The average molecular weight is 454 g/mol. The van der Waals surface area contributed by atoms with Crippen LogP contribution < -0.4 is 15.4 Å². The average Bonchev–Trinajstić information content (AvgIpc) is 3.21. The number of ether oxygens (including phenoxy) is 1. The highest BCUT2D eigenvalue weighted by molar-refractivity contribution is 8.00. The molecule has 0 saturated carbocycles. The number of hydrogen-bond acceptors (Lipinski definition) is 6. The lowest BCUT2D eigenvalue weighted by Crippen LogP contribution is -2.43. The van der Waals surface area contributed by atoms with Crippen molar-refractivity contribution in [1.29, 1.82) is 0 Å². The third-order valence-electron chi connectivity index (χ3n) is 4.55. The Morgan fingerprint density at radius 2 is 1.72 bits per heavy atom. The predicted molar refractivity (Wildman–Crippen MR) is 125 cm³/mol. The first-order valence-electron chi connectivity index (χ1n) is 10.3. The number of imide groups is 1. The highest BCUT2D eigenvalue weighted by atomic mass is 32.2. The molecule has 2 N–H and O–H groups in total. The van der Waals surface area contributed by atoms with Gasteiger partial charge in [-0.2, -0.15) is 0 Å². The topological polar surface area (TPSA) is 98.1 Å². The molecular weight excluding hydrogens is 426 g/mol. The van der Waals surface area contributed by atoms with Crippen molar-refractivity contribution in [2.45, 2.75) is 31.2 Å². The Bertz CT molecular complexity index is 1050. The summed E-state index contributed by atoms with van der Waals surface area (Å²) in [6.45, 7) is 6.19. The van der Waals surface area contributed by atoms with E-state index < -0.39 is 17.2 Å². The summed E-state index contributed by atoms with van der Waals surface area (Å²) in [5, 5.41) is 13.8. The van der Waals surface area contributed by atoms with E-state index in [4.69, 9.17) is 4.74 Å². The van der Waals surface area contributed by atoms with E-state index in [0.29, 0.717) is 23.4 Å². The molecule has 1 unspecified atom stereocenters. The van der Waals surface area contributed by atoms with Crippen LogP contribution in [0, 0.1) is 5.92 Å². The molecule has 3 rings (SSSR count). The monoisotopic (exact) mass is 453 g/mol. The van der Waals surface area contributed by atoms with Crippen molar-refractivity contribution in [1.82, 2.24) is 25.4 Å². The smallest absolute Gasteiger partial charge is 0.321 e. The molecule has 168 valence electrons. The van der Waals surface area contributed by atoms with Crippen molar-refractivity contribution in [3.05, 3.63) is 54.6 Å². The number of amides is 3. The van der Waals surface area contributed by atoms with Crippen LogP contribution in [0.2, 0.25) is 0 Å². The Labute approximate surface area is 191 Å². The molecule has 0 fully saturated rings. The summed E-state index contributed by atoms with van der Waals surface area (Å²) in [6, 6.07) is 16.7. The number of hydrogen-bond donors (Lipinski definition) is 2. The fourth-order valence-electron chi connectivity index (χ4n) is 2.85. The number of aromatic nitrogens is 3. The van der Waals surface area contributed by atoms with Crippen LogP contribution in [0.1, 0.15) is 20.8 Å². The Kier molecular flexibility index (Phi) is 7.88. The second-order valence-electron chi connectivity index (χ2n) is 7.56. The number of methoxy groups -OCH3 is 1. The van der Waals surface area contributed by atoms with Crippen LogP contribution in [-0.4, -0.2) is 45.6 Å². The maximum Gasteiger partial charge on any atom is 0.321 e. The van der Waals surface area contributed by atoms with Crippen LogP contribution in [0.25, 0.3) is 17.1 Å². The number of carbonyl (C=O) groups is 2. The molecule has 3 amide bonds. The molecule has 0 aliphatic carbocycles. The minimum absolute atomic E-state index is 0.295. The third-order valence-corrected chi connectivity index (χ3v) is 5.60. The predicted octanol–water partition coefficient (Wildman–Crippen LogP) is 3.91. The molecule has 9 heteroatoms. The molecule has 3 aromatic rings. The van der Waals surface area contributed by atoms with E-state index in [1.54, 1.807) is 14.0 Å². The van der Waals surface area contributed by atoms with Crippen molar-refractivity contribution in [3.63, 3.8) is 0 Å². The van der Waals surface area contributed by atoms with Gasteiger partial charge in [-0.1, -0.05) is 43.8 Å². The first kappa shape index (κ1) is 23.3. The molecule has 0 radical (unpaired) electrons. The third kappa shape index (κ3) is 5.88. The zero-order chi connectivity index (χ0) is 23.1. The van der Waals surface area contributed by atoms with Gasteiger partial charge in [0.05, 0.1) is 12.4 Å². The van der Waals surface area contributed by atoms with Crippen molar-refractivity contribution < 1.29 is 14.3 Å². The maximum atomic E-state index is 12.5. The van der Waals surface area contributed by atoms with Gasteiger partial charge in [-0.05, 0) is 49.2 Å². The molecule has 1 heterocycles. The fraction of sp³-hybridized carbons (Fsp3) is 0.304. The lowest BCUT2D eigenvalue weighted by atomic mass is 10.2. The highest BCUT2D eigenvalue weighted by Crippen LogP contribution is 2.30. The number of carbonyl (C=O) groups excluding carboxylic acids is 2. The van der Waals surface area contributed by atoms with E-state index in [9.17, 15) is 9.59 Å². The van der Waals surface area contributed by atoms with E-state index >= 15 is 0 Å². The molecule has 0 aliphatic rings. The van der Waals surface area contributed by atoms with Crippen LogP contribution in [0.3, 0.4) is 0 Å². The summed E-state index contributed by atoms with van der Waals surface area (Å²) in [5.41, 5.74) is 1.73. The molecule has 32 heavy (non-hydrogen) atoms. The van der Waals surface area contributed by atoms with Gasteiger partial charge in [-0.3, -0.25) is 14.7 Å². The van der Waals surface area contributed by atoms with Crippen molar-refractivity contribution in [3.8, 4) is 22.8 Å². The first-order valence-corrected chi connectivity index (χ1v) is 11.2. The van der Waals surface area contributed by atoms with E-state index in [2.05, 4.69) is 20.8 Å². The molecule has 1 aromatic heterocycles. The summed E-state index contributed by atoms with van der Waals surface area (Å²) in [4.78, 5) is 24.5. The number of nitrogens with one attached hydrogen (secondary N) is 2. The molecule has 8 nitrogen and oxygen atoms in total. The second-order valence-corrected chi connectivity index (χ2v) is 8.87. The van der Waals surface area contributed by atoms with Gasteiger partial charge in [0.2, 0.25) is 5.91 Å². The van der Waals surface area contributed by atoms with E-state index in [0.717, 1.165) is 17.0 Å². The number of thioether (sulfide) groups is 1. The Hall–Kier alpha value is -3.33. The summed E-state index contributed by atoms with van der Waals surface area (Å²) >= 11 is 1.24. The number of urea groups is 1.